The number of phenolic OH excluding ortho intramolecular Hbond substituents is 1. The lowest BCUT2D eigenvalue weighted by Crippen LogP contribution is -2.43. The van der Waals surface area contributed by atoms with Gasteiger partial charge in [0.2, 0.25) is 16.6 Å². The van der Waals surface area contributed by atoms with Crippen LogP contribution in [0.3, 0.4) is 0 Å². The number of benzene rings is 3. The number of hydrogen-bond donors (Lipinski definition) is 1. The zero-order valence-electron chi connectivity index (χ0n) is 53.9. The topological polar surface area (TPSA) is 177 Å². The van der Waals surface area contributed by atoms with Gasteiger partial charge in [-0.2, -0.15) is 0 Å². The van der Waals surface area contributed by atoms with Crippen molar-refractivity contribution in [3.63, 3.8) is 0 Å². The molecule has 10 heterocycles. The van der Waals surface area contributed by atoms with Gasteiger partial charge >= 0.3 is 0 Å². The SMILES string of the molecule is CC(C)(C)[Si](C)(C)Oc1cccc(-c2nc(N3CCOCC3)c3sc(C=O)cc3n2)c1.CC(C)(C)[Si](C)(C)Oc1cccc(-c2nc(N3CCOCC3)c3sccc3n2)c1.CN1CCN(Cc2cc3nc(-c4cccc(O)c4)nc(N4CCOCC4)c3s2)CC1. The van der Waals surface area contributed by atoms with Crippen LogP contribution in [0.25, 0.3) is 64.8 Å². The maximum atomic E-state index is 11.4. The molecule has 3 aromatic carbocycles. The van der Waals surface area contributed by atoms with Crippen LogP contribution in [0.4, 0.5) is 17.5 Å². The van der Waals surface area contributed by atoms with Gasteiger partial charge in [-0.25, -0.2) is 29.9 Å². The van der Waals surface area contributed by atoms with E-state index in [9.17, 15) is 9.90 Å². The highest BCUT2D eigenvalue weighted by molar-refractivity contribution is 7.21. The van der Waals surface area contributed by atoms with Gasteiger partial charge in [-0.15, -0.1) is 34.0 Å². The summed E-state index contributed by atoms with van der Waals surface area (Å²) >= 11 is 4.95. The van der Waals surface area contributed by atoms with Crippen LogP contribution in [-0.2, 0) is 20.8 Å². The summed E-state index contributed by atoms with van der Waals surface area (Å²) in [4.78, 5) is 54.5. The van der Waals surface area contributed by atoms with Crippen LogP contribution in [0.5, 0.6) is 17.2 Å². The molecule has 1 N–H and O–H groups in total. The minimum atomic E-state index is -1.95. The predicted molar refractivity (Wildman–Crippen MR) is 373 cm³/mol. The Bertz CT molecular complexity index is 3930. The van der Waals surface area contributed by atoms with Gasteiger partial charge < -0.3 is 47.8 Å². The molecule has 0 saturated carbocycles. The molecule has 0 radical (unpaired) electrons. The predicted octanol–water partition coefficient (Wildman–Crippen LogP) is 13.6. The third kappa shape index (κ3) is 15.3. The van der Waals surface area contributed by atoms with Crippen LogP contribution < -0.4 is 23.6 Å². The van der Waals surface area contributed by atoms with E-state index in [1.165, 1.54) is 16.2 Å². The molecule has 23 heteroatoms. The fraction of sp³-hybridized carbons (Fsp3) is 0.448. The first kappa shape index (κ1) is 65.0. The molecule has 0 amide bonds. The van der Waals surface area contributed by atoms with Gasteiger partial charge in [0.25, 0.3) is 0 Å². The lowest BCUT2D eigenvalue weighted by atomic mass is 10.2. The number of carbonyl (C=O) groups excluding carboxylic acids is 1. The van der Waals surface area contributed by atoms with Crippen LogP contribution in [0, 0.1) is 0 Å². The van der Waals surface area contributed by atoms with Crippen LogP contribution in [0.15, 0.2) is 96.4 Å². The molecule has 9 aromatic rings. The number of aldehydes is 1. The van der Waals surface area contributed by atoms with Gasteiger partial charge in [-0.05, 0) is 103 Å². The first-order valence-corrected chi connectivity index (χ1v) is 39.5. The molecule has 18 nitrogen and oxygen atoms in total. The van der Waals surface area contributed by atoms with Crippen molar-refractivity contribution in [3.8, 4) is 51.4 Å². The Morgan fingerprint density at radius 3 is 1.42 bits per heavy atom. The number of piperazine rings is 1. The number of thiophene rings is 3. The van der Waals surface area contributed by atoms with Crippen LogP contribution in [-0.4, -0.2) is 180 Å². The average Bonchev–Trinajstić information content (AvgIpc) is 1.57. The Morgan fingerprint density at radius 1 is 0.522 bits per heavy atom. The largest absolute Gasteiger partial charge is 0.543 e. The maximum absolute atomic E-state index is 11.4. The van der Waals surface area contributed by atoms with E-state index < -0.39 is 16.6 Å². The van der Waals surface area contributed by atoms with Crippen molar-refractivity contribution in [2.45, 2.75) is 84.4 Å². The fourth-order valence-corrected chi connectivity index (χ4v) is 15.4. The Hall–Kier alpha value is -6.52. The van der Waals surface area contributed by atoms with Gasteiger partial charge in [0.1, 0.15) is 17.2 Å². The summed E-state index contributed by atoms with van der Waals surface area (Å²) in [5.74, 6) is 6.89. The molecule has 0 aliphatic carbocycles. The van der Waals surface area contributed by atoms with Crippen molar-refractivity contribution >= 4 is 105 Å². The molecule has 13 rings (SSSR count). The number of morpholine rings is 3. The molecule has 0 spiro atoms. The Kier molecular flexibility index (Phi) is 20.0. The van der Waals surface area contributed by atoms with Crippen LogP contribution in [0.2, 0.25) is 36.3 Å². The standard InChI is InChI=1S/C23H29N3O3SSi.C22H27N5O2S.C22H29N3O2SSi/c1-23(2,3)31(4,5)29-17-8-6-7-16(13-17)21-24-19-14-18(15-27)30-20(19)22(25-21)26-9-11-28-12-10-26;1-25-5-7-26(8-6-25)15-18-14-19-20(30-18)22(27-9-11-29-12-10-27)24-21(23-19)16-3-2-4-17(28)13-16;1-22(2,3)29(4,5)27-17-8-6-7-16(15-17)20-23-18-9-14-28-19(18)21(24-20)25-10-12-26-13-11-25/h6-8,13-15H,9-12H2,1-5H3;2-4,13-14,28H,5-12,15H2,1H3;6-9,14-15H,10-13H2,1-5H3. The van der Waals surface area contributed by atoms with Gasteiger partial charge in [0.15, 0.2) is 41.2 Å². The number of aromatic nitrogens is 6. The minimum Gasteiger partial charge on any atom is -0.543 e. The minimum absolute atomic E-state index is 0.115. The van der Waals surface area contributed by atoms with E-state index in [4.69, 9.17) is 53.0 Å². The number of carbonyl (C=O) groups is 1. The van der Waals surface area contributed by atoms with Gasteiger partial charge in [0, 0.05) is 93.6 Å². The fourth-order valence-electron chi connectivity index (χ4n) is 10.4. The second-order valence-corrected chi connectivity index (χ2v) is 39.0. The van der Waals surface area contributed by atoms with Crippen molar-refractivity contribution in [2.24, 2.45) is 0 Å². The van der Waals surface area contributed by atoms with Crippen molar-refractivity contribution in [1.29, 1.82) is 0 Å². The number of ether oxygens (including phenoxy) is 3. The molecule has 4 saturated heterocycles. The Labute approximate surface area is 543 Å². The number of rotatable bonds is 13. The molecule has 4 aliphatic rings. The lowest BCUT2D eigenvalue weighted by Gasteiger charge is -2.36. The number of nitrogens with zero attached hydrogens (tertiary/aromatic N) is 11. The number of fused-ring (bicyclic) bond motifs is 3. The summed E-state index contributed by atoms with van der Waals surface area (Å²) in [5, 5.41) is 12.3. The van der Waals surface area contributed by atoms with Crippen molar-refractivity contribution in [2.75, 3.05) is 127 Å². The molecule has 0 bridgehead atoms. The van der Waals surface area contributed by atoms with E-state index in [2.05, 4.69) is 129 Å². The quantitative estimate of drug-likeness (QED) is 0.0851. The van der Waals surface area contributed by atoms with E-state index in [1.54, 1.807) is 34.8 Å². The van der Waals surface area contributed by atoms with Gasteiger partial charge in [-0.1, -0.05) is 77.9 Å². The van der Waals surface area contributed by atoms with Crippen LogP contribution >= 0.6 is 34.0 Å². The normalized spacial score (nSPS) is 16.6. The molecular formula is C67H85N11O7S3Si2. The summed E-state index contributed by atoms with van der Waals surface area (Å²) < 4.78 is 32.8. The molecule has 476 valence electrons. The molecule has 90 heavy (non-hydrogen) atoms. The van der Waals surface area contributed by atoms with Crippen molar-refractivity contribution in [1.82, 2.24) is 39.7 Å². The smallest absolute Gasteiger partial charge is 0.250 e. The molecule has 4 aliphatic heterocycles. The molecule has 4 fully saturated rings. The van der Waals surface area contributed by atoms with E-state index in [-0.39, 0.29) is 15.8 Å². The summed E-state index contributed by atoms with van der Waals surface area (Å²) in [6.07, 6.45) is 0.878. The van der Waals surface area contributed by atoms with E-state index in [1.807, 2.05) is 54.6 Å². The molecular weight excluding hydrogens is 1220 g/mol. The number of hydrogen-bond acceptors (Lipinski definition) is 21. The van der Waals surface area contributed by atoms with E-state index >= 15 is 0 Å². The summed E-state index contributed by atoms with van der Waals surface area (Å²) in [5.41, 5.74) is 5.51. The molecule has 0 atom stereocenters. The number of phenols is 1. The second-order valence-electron chi connectivity index (χ2n) is 26.4. The lowest BCUT2D eigenvalue weighted by molar-refractivity contribution is 0.112. The zero-order chi connectivity index (χ0) is 63.4. The second kappa shape index (κ2) is 27.7. The van der Waals surface area contributed by atoms with Crippen LogP contribution in [0.1, 0.15) is 56.1 Å². The first-order chi connectivity index (χ1) is 43.1. The highest BCUT2D eigenvalue weighted by Gasteiger charge is 2.40. The summed E-state index contributed by atoms with van der Waals surface area (Å²) in [6, 6.07) is 29.6. The highest BCUT2D eigenvalue weighted by Crippen LogP contribution is 2.42. The van der Waals surface area contributed by atoms with E-state index in [0.29, 0.717) is 43.0 Å². The number of anilines is 3. The van der Waals surface area contributed by atoms with Gasteiger partial charge in [0.05, 0.1) is 75.2 Å². The maximum Gasteiger partial charge on any atom is 0.250 e. The number of aromatic hydroxyl groups is 1. The molecule has 0 unspecified atom stereocenters. The summed E-state index contributed by atoms with van der Waals surface area (Å²) in [7, 11) is -1.67. The van der Waals surface area contributed by atoms with E-state index in [0.717, 1.165) is 174 Å². The monoisotopic (exact) mass is 1310 g/mol. The molecule has 6 aromatic heterocycles. The summed E-state index contributed by atoms with van der Waals surface area (Å²) in [6.45, 7) is 37.0. The average molecular weight is 1310 g/mol. The highest BCUT2D eigenvalue weighted by atomic mass is 32.1. The first-order valence-electron chi connectivity index (χ1n) is 31.2. The van der Waals surface area contributed by atoms with Gasteiger partial charge in [-0.3, -0.25) is 9.69 Å². The number of likely N-dealkylation sites (N-methyl/N-ethyl adjacent to an activating group) is 1. The Morgan fingerprint density at radius 2 is 0.956 bits per heavy atom. The third-order valence-electron chi connectivity index (χ3n) is 17.7. The van der Waals surface area contributed by atoms with Crippen molar-refractivity contribution in [3.05, 3.63) is 106 Å². The van der Waals surface area contributed by atoms with Crippen molar-refractivity contribution < 1.29 is 33.0 Å². The Balaban J connectivity index is 0.000000139. The third-order valence-corrected chi connectivity index (χ3v) is 29.5. The zero-order valence-corrected chi connectivity index (χ0v) is 58.3.